The fourth-order valence-electron chi connectivity index (χ4n) is 3.61. The molecule has 7 nitrogen and oxygen atoms in total. The van der Waals surface area contributed by atoms with Crippen LogP contribution in [0.1, 0.15) is 25.7 Å². The van der Waals surface area contributed by atoms with E-state index in [4.69, 9.17) is 0 Å². The normalized spacial score (nSPS) is 24.6. The minimum Gasteiger partial charge on any atom is -0.396 e. The third-order valence-corrected chi connectivity index (χ3v) is 4.91. The van der Waals surface area contributed by atoms with Crippen molar-refractivity contribution in [3.63, 3.8) is 0 Å². The number of aliphatic hydroxyl groups excluding tert-OH is 1. The Bertz CT molecular complexity index is 470. The summed E-state index contributed by atoms with van der Waals surface area (Å²) >= 11 is 0. The average molecular weight is 307 g/mol. The van der Waals surface area contributed by atoms with Crippen LogP contribution in [-0.2, 0) is 11.3 Å². The molecule has 22 heavy (non-hydrogen) atoms. The Kier molecular flexibility index (Phi) is 5.04. The zero-order valence-corrected chi connectivity index (χ0v) is 13.0. The van der Waals surface area contributed by atoms with Crippen molar-refractivity contribution in [2.75, 3.05) is 32.8 Å². The number of carbonyl (C=O) groups is 1. The number of nitrogens with zero attached hydrogens (tertiary/aromatic N) is 5. The lowest BCUT2D eigenvalue weighted by Gasteiger charge is -2.42. The first-order chi connectivity index (χ1) is 10.8. The van der Waals surface area contributed by atoms with Gasteiger partial charge >= 0.3 is 0 Å². The number of piperidine rings is 2. The van der Waals surface area contributed by atoms with Crippen molar-refractivity contribution < 1.29 is 9.90 Å². The largest absolute Gasteiger partial charge is 0.396 e. The molecular weight excluding hydrogens is 282 g/mol. The van der Waals surface area contributed by atoms with Gasteiger partial charge in [0.05, 0.1) is 6.20 Å². The van der Waals surface area contributed by atoms with Crippen LogP contribution in [0.25, 0.3) is 0 Å². The smallest absolute Gasteiger partial charge is 0.244 e. The summed E-state index contributed by atoms with van der Waals surface area (Å²) < 4.78 is 1.57. The van der Waals surface area contributed by atoms with Gasteiger partial charge in [0.2, 0.25) is 5.91 Å². The summed E-state index contributed by atoms with van der Waals surface area (Å²) in [5.74, 6) is 0.552. The lowest BCUT2D eigenvalue weighted by Crippen LogP contribution is -2.50. The third-order valence-electron chi connectivity index (χ3n) is 4.91. The molecule has 0 radical (unpaired) electrons. The Hall–Kier alpha value is -1.47. The van der Waals surface area contributed by atoms with Crippen LogP contribution < -0.4 is 0 Å². The average Bonchev–Trinajstić information content (AvgIpc) is 3.08. The summed E-state index contributed by atoms with van der Waals surface area (Å²) in [5, 5.41) is 16.9. The Morgan fingerprint density at radius 3 is 2.73 bits per heavy atom. The first-order valence-corrected chi connectivity index (χ1v) is 8.23. The number of aliphatic hydroxyl groups is 1. The maximum Gasteiger partial charge on any atom is 0.244 e. The van der Waals surface area contributed by atoms with E-state index in [9.17, 15) is 9.90 Å². The molecule has 1 unspecified atom stereocenters. The van der Waals surface area contributed by atoms with E-state index < -0.39 is 0 Å². The Morgan fingerprint density at radius 2 is 2.05 bits per heavy atom. The van der Waals surface area contributed by atoms with Crippen LogP contribution in [0.5, 0.6) is 0 Å². The summed E-state index contributed by atoms with van der Waals surface area (Å²) in [6.07, 6.45) is 7.68. The van der Waals surface area contributed by atoms with Crippen molar-refractivity contribution >= 4 is 5.91 Å². The van der Waals surface area contributed by atoms with E-state index >= 15 is 0 Å². The minimum absolute atomic E-state index is 0.121. The van der Waals surface area contributed by atoms with Crippen LogP contribution in [-0.4, -0.2) is 74.6 Å². The van der Waals surface area contributed by atoms with Crippen molar-refractivity contribution in [3.8, 4) is 0 Å². The van der Waals surface area contributed by atoms with Gasteiger partial charge in [-0.3, -0.25) is 9.69 Å². The summed E-state index contributed by atoms with van der Waals surface area (Å²) in [4.78, 5) is 16.7. The van der Waals surface area contributed by atoms with Crippen LogP contribution in [0.15, 0.2) is 12.4 Å². The summed E-state index contributed by atoms with van der Waals surface area (Å²) in [5.41, 5.74) is 0. The monoisotopic (exact) mass is 307 g/mol. The van der Waals surface area contributed by atoms with Gasteiger partial charge in [-0.25, -0.2) is 4.68 Å². The van der Waals surface area contributed by atoms with Crippen molar-refractivity contribution in [2.45, 2.75) is 38.3 Å². The standard InChI is InChI=1S/C15H25N5O2/c21-12-13-2-1-6-19(10-13)14-3-7-18(8-4-14)15(22)11-20-9-5-16-17-20/h5,9,13-14,21H,1-4,6-8,10-12H2. The molecule has 7 heteroatoms. The van der Waals surface area contributed by atoms with Gasteiger partial charge in [0, 0.05) is 38.5 Å². The highest BCUT2D eigenvalue weighted by Gasteiger charge is 2.29. The molecule has 0 aliphatic carbocycles. The van der Waals surface area contributed by atoms with E-state index in [0.717, 1.165) is 45.4 Å². The maximum absolute atomic E-state index is 12.2. The Labute approximate surface area is 130 Å². The van der Waals surface area contributed by atoms with Crippen LogP contribution in [0.4, 0.5) is 0 Å². The van der Waals surface area contributed by atoms with Gasteiger partial charge in [-0.1, -0.05) is 5.21 Å². The topological polar surface area (TPSA) is 74.5 Å². The molecule has 2 aliphatic heterocycles. The predicted molar refractivity (Wildman–Crippen MR) is 81.0 cm³/mol. The molecule has 0 bridgehead atoms. The lowest BCUT2D eigenvalue weighted by molar-refractivity contribution is -0.133. The van der Waals surface area contributed by atoms with Gasteiger partial charge in [0.15, 0.2) is 0 Å². The van der Waals surface area contributed by atoms with E-state index in [1.807, 2.05) is 4.90 Å². The fourth-order valence-corrected chi connectivity index (χ4v) is 3.61. The van der Waals surface area contributed by atoms with Gasteiger partial charge in [0.25, 0.3) is 0 Å². The van der Waals surface area contributed by atoms with E-state index in [1.54, 1.807) is 17.1 Å². The number of hydrogen-bond donors (Lipinski definition) is 1. The Morgan fingerprint density at radius 1 is 1.23 bits per heavy atom. The molecule has 0 saturated carbocycles. The number of carbonyl (C=O) groups excluding carboxylic acids is 1. The molecule has 0 aromatic carbocycles. The SMILES string of the molecule is O=C(Cn1ccnn1)N1CCC(N2CCCC(CO)C2)CC1. The zero-order chi connectivity index (χ0) is 15.4. The quantitative estimate of drug-likeness (QED) is 0.846. The van der Waals surface area contributed by atoms with Gasteiger partial charge in [-0.05, 0) is 38.1 Å². The molecule has 0 spiro atoms. The molecule has 1 aromatic heterocycles. The van der Waals surface area contributed by atoms with Crippen LogP contribution in [0.3, 0.4) is 0 Å². The minimum atomic E-state index is 0.121. The zero-order valence-electron chi connectivity index (χ0n) is 13.0. The summed E-state index contributed by atoms with van der Waals surface area (Å²) in [6.45, 7) is 4.35. The molecule has 1 aromatic rings. The molecule has 2 aliphatic rings. The first-order valence-electron chi connectivity index (χ1n) is 8.23. The molecule has 2 saturated heterocycles. The van der Waals surface area contributed by atoms with Crippen molar-refractivity contribution in [1.82, 2.24) is 24.8 Å². The molecule has 1 atom stereocenters. The van der Waals surface area contributed by atoms with Crippen molar-refractivity contribution in [3.05, 3.63) is 12.4 Å². The Balaban J connectivity index is 1.46. The molecule has 122 valence electrons. The van der Waals surface area contributed by atoms with Gasteiger partial charge in [0.1, 0.15) is 6.54 Å². The van der Waals surface area contributed by atoms with Crippen molar-refractivity contribution in [2.24, 2.45) is 5.92 Å². The highest BCUT2D eigenvalue weighted by molar-refractivity contribution is 5.75. The summed E-state index contributed by atoms with van der Waals surface area (Å²) in [7, 11) is 0. The van der Waals surface area contributed by atoms with E-state index in [2.05, 4.69) is 15.2 Å². The highest BCUT2D eigenvalue weighted by atomic mass is 16.3. The number of rotatable bonds is 4. The number of aromatic nitrogens is 3. The predicted octanol–water partition coefficient (Wildman–Crippen LogP) is -0.0266. The van der Waals surface area contributed by atoms with E-state index in [-0.39, 0.29) is 12.5 Å². The van der Waals surface area contributed by atoms with E-state index in [0.29, 0.717) is 18.6 Å². The van der Waals surface area contributed by atoms with Gasteiger partial charge in [-0.15, -0.1) is 5.10 Å². The van der Waals surface area contributed by atoms with E-state index in [1.165, 1.54) is 6.42 Å². The van der Waals surface area contributed by atoms with Crippen molar-refractivity contribution in [1.29, 1.82) is 0 Å². The number of likely N-dealkylation sites (tertiary alicyclic amines) is 2. The van der Waals surface area contributed by atoms with Crippen LogP contribution in [0.2, 0.25) is 0 Å². The number of amides is 1. The maximum atomic E-state index is 12.2. The second-order valence-corrected chi connectivity index (χ2v) is 6.40. The van der Waals surface area contributed by atoms with Gasteiger partial charge in [-0.2, -0.15) is 0 Å². The van der Waals surface area contributed by atoms with Crippen LogP contribution in [0, 0.1) is 5.92 Å². The molecule has 1 amide bonds. The number of hydrogen-bond acceptors (Lipinski definition) is 5. The second-order valence-electron chi connectivity index (χ2n) is 6.40. The molecule has 3 rings (SSSR count). The van der Waals surface area contributed by atoms with Gasteiger partial charge < -0.3 is 10.0 Å². The fraction of sp³-hybridized carbons (Fsp3) is 0.800. The third kappa shape index (κ3) is 3.64. The first kappa shape index (κ1) is 15.4. The van der Waals surface area contributed by atoms with Crippen LogP contribution >= 0.6 is 0 Å². The summed E-state index contributed by atoms with van der Waals surface area (Å²) in [6, 6.07) is 0.560. The molecule has 1 N–H and O–H groups in total. The lowest BCUT2D eigenvalue weighted by atomic mass is 9.94. The molecule has 3 heterocycles. The second kappa shape index (κ2) is 7.19. The molecule has 2 fully saturated rings. The molecular formula is C15H25N5O2. The highest BCUT2D eigenvalue weighted by Crippen LogP contribution is 2.23.